The molecule has 30 heavy (non-hydrogen) atoms. The van der Waals surface area contributed by atoms with E-state index in [2.05, 4.69) is 20.6 Å². The maximum atomic E-state index is 12.2. The number of hydrogen-bond acceptors (Lipinski definition) is 6. The van der Waals surface area contributed by atoms with Crippen molar-refractivity contribution >= 4 is 34.3 Å². The minimum absolute atomic E-state index is 0.0236. The van der Waals surface area contributed by atoms with Gasteiger partial charge in [0, 0.05) is 17.8 Å². The Hall–Kier alpha value is -4.40. The topological polar surface area (TPSA) is 122 Å². The van der Waals surface area contributed by atoms with Gasteiger partial charge in [-0.3, -0.25) is 14.9 Å². The molecular weight excluding hydrogens is 386 g/mol. The molecule has 3 aromatic carbocycles. The summed E-state index contributed by atoms with van der Waals surface area (Å²) < 4.78 is 5.72. The zero-order valence-electron chi connectivity index (χ0n) is 15.7. The predicted octanol–water partition coefficient (Wildman–Crippen LogP) is 4.31. The number of amides is 1. The molecule has 0 saturated heterocycles. The number of ether oxygens (including phenoxy) is 1. The molecule has 1 aromatic heterocycles. The molecule has 0 aliphatic rings. The van der Waals surface area contributed by atoms with Crippen LogP contribution >= 0.6 is 0 Å². The number of H-pyrrole nitrogens is 1. The van der Waals surface area contributed by atoms with Crippen molar-refractivity contribution in [3.8, 4) is 11.5 Å². The normalized spacial score (nSPS) is 10.5. The van der Waals surface area contributed by atoms with Crippen molar-refractivity contribution in [1.82, 2.24) is 9.97 Å². The van der Waals surface area contributed by atoms with E-state index in [0.29, 0.717) is 28.4 Å². The maximum absolute atomic E-state index is 12.2. The van der Waals surface area contributed by atoms with Crippen LogP contribution in [0.2, 0.25) is 0 Å². The van der Waals surface area contributed by atoms with Crippen LogP contribution in [0, 0.1) is 10.1 Å². The van der Waals surface area contributed by atoms with Gasteiger partial charge in [-0.15, -0.1) is 0 Å². The van der Waals surface area contributed by atoms with Gasteiger partial charge in [0.15, 0.2) is 0 Å². The number of carbonyl (C=O) groups excluding carboxylic acids is 1. The van der Waals surface area contributed by atoms with E-state index in [4.69, 9.17) is 4.74 Å². The van der Waals surface area contributed by atoms with Crippen molar-refractivity contribution < 1.29 is 14.5 Å². The Morgan fingerprint density at radius 2 is 1.77 bits per heavy atom. The molecule has 0 radical (unpaired) electrons. The first-order valence-corrected chi connectivity index (χ1v) is 9.08. The lowest BCUT2D eigenvalue weighted by molar-refractivity contribution is -0.384. The number of nitro groups is 1. The Morgan fingerprint density at radius 3 is 2.50 bits per heavy atom. The van der Waals surface area contributed by atoms with E-state index in [1.165, 1.54) is 12.1 Å². The first-order chi connectivity index (χ1) is 14.6. The summed E-state index contributed by atoms with van der Waals surface area (Å²) in [6.07, 6.45) is 0. The van der Waals surface area contributed by atoms with Crippen LogP contribution in [-0.4, -0.2) is 27.3 Å². The van der Waals surface area contributed by atoms with E-state index in [0.717, 1.165) is 5.75 Å². The van der Waals surface area contributed by atoms with E-state index in [1.807, 2.05) is 30.3 Å². The summed E-state index contributed by atoms with van der Waals surface area (Å²) in [6, 6.07) is 20.8. The number of rotatable bonds is 7. The average molecular weight is 403 g/mol. The van der Waals surface area contributed by atoms with E-state index in [-0.39, 0.29) is 18.1 Å². The maximum Gasteiger partial charge on any atom is 0.271 e. The van der Waals surface area contributed by atoms with Gasteiger partial charge in [-0.1, -0.05) is 18.2 Å². The molecule has 0 spiro atoms. The second-order valence-corrected chi connectivity index (χ2v) is 6.39. The fraction of sp³-hybridized carbons (Fsp3) is 0.0476. The fourth-order valence-electron chi connectivity index (χ4n) is 2.79. The molecule has 0 atom stereocenters. The lowest BCUT2D eigenvalue weighted by Gasteiger charge is -2.08. The lowest BCUT2D eigenvalue weighted by atomic mass is 10.3. The number of nitro benzene ring substituents is 1. The highest BCUT2D eigenvalue weighted by molar-refractivity contribution is 5.93. The smallest absolute Gasteiger partial charge is 0.271 e. The van der Waals surface area contributed by atoms with Crippen molar-refractivity contribution in [3.63, 3.8) is 0 Å². The van der Waals surface area contributed by atoms with Gasteiger partial charge in [-0.05, 0) is 42.5 Å². The second-order valence-electron chi connectivity index (χ2n) is 6.39. The van der Waals surface area contributed by atoms with Crippen molar-refractivity contribution in [2.75, 3.05) is 17.2 Å². The number of nitrogens with one attached hydrogen (secondary N) is 3. The number of imidazole rings is 1. The Morgan fingerprint density at radius 1 is 1.03 bits per heavy atom. The standard InChI is InChI=1S/C21H17N5O4/c27-20(13-22-21-24-18-11-8-15(26(28)29)12-19(18)25-21)23-14-6-9-17(10-7-14)30-16-4-2-1-3-5-16/h1-12H,13H2,(H,23,27)(H2,22,24,25). The van der Waals surface area contributed by atoms with Gasteiger partial charge in [-0.25, -0.2) is 4.98 Å². The number of nitrogens with zero attached hydrogens (tertiary/aromatic N) is 2. The fourth-order valence-corrected chi connectivity index (χ4v) is 2.79. The summed E-state index contributed by atoms with van der Waals surface area (Å²) in [5, 5.41) is 16.5. The van der Waals surface area contributed by atoms with Gasteiger partial charge in [-0.2, -0.15) is 0 Å². The lowest BCUT2D eigenvalue weighted by Crippen LogP contribution is -2.22. The molecule has 150 valence electrons. The van der Waals surface area contributed by atoms with Crippen molar-refractivity contribution in [2.24, 2.45) is 0 Å². The van der Waals surface area contributed by atoms with Crippen molar-refractivity contribution in [1.29, 1.82) is 0 Å². The Bertz CT molecular complexity index is 1190. The van der Waals surface area contributed by atoms with E-state index in [1.54, 1.807) is 30.3 Å². The molecule has 0 bridgehead atoms. The zero-order chi connectivity index (χ0) is 20.9. The summed E-state index contributed by atoms with van der Waals surface area (Å²) in [4.78, 5) is 29.7. The van der Waals surface area contributed by atoms with E-state index in [9.17, 15) is 14.9 Å². The van der Waals surface area contributed by atoms with Crippen LogP contribution < -0.4 is 15.4 Å². The Kier molecular flexibility index (Phi) is 5.25. The number of carbonyl (C=O) groups is 1. The van der Waals surface area contributed by atoms with Gasteiger partial charge in [0.2, 0.25) is 11.9 Å². The van der Waals surface area contributed by atoms with Crippen molar-refractivity contribution in [3.05, 3.63) is 82.9 Å². The molecule has 4 aromatic rings. The number of aromatic nitrogens is 2. The van der Waals surface area contributed by atoms with Crippen LogP contribution in [0.4, 0.5) is 17.3 Å². The number of aromatic amines is 1. The van der Waals surface area contributed by atoms with E-state index < -0.39 is 4.92 Å². The minimum atomic E-state index is -0.481. The summed E-state index contributed by atoms with van der Waals surface area (Å²) in [6.45, 7) is -0.0236. The molecule has 0 fully saturated rings. The van der Waals surface area contributed by atoms with Gasteiger partial charge in [0.25, 0.3) is 5.69 Å². The van der Waals surface area contributed by atoms with Gasteiger partial charge < -0.3 is 20.4 Å². The first kappa shape index (κ1) is 18.9. The summed E-state index contributed by atoms with van der Waals surface area (Å²) >= 11 is 0. The number of non-ortho nitro benzene ring substituents is 1. The highest BCUT2D eigenvalue weighted by Gasteiger charge is 2.10. The van der Waals surface area contributed by atoms with Gasteiger partial charge >= 0.3 is 0 Å². The quantitative estimate of drug-likeness (QED) is 0.312. The SMILES string of the molecule is O=C(CNc1nc2cc([N+](=O)[O-])ccc2[nH]1)Nc1ccc(Oc2ccccc2)cc1. The van der Waals surface area contributed by atoms with Crippen molar-refractivity contribution in [2.45, 2.75) is 0 Å². The number of hydrogen-bond donors (Lipinski definition) is 3. The number of fused-ring (bicyclic) bond motifs is 1. The molecule has 4 rings (SSSR count). The third-order valence-electron chi connectivity index (χ3n) is 4.21. The van der Waals surface area contributed by atoms with E-state index >= 15 is 0 Å². The predicted molar refractivity (Wildman–Crippen MR) is 113 cm³/mol. The van der Waals surface area contributed by atoms with Gasteiger partial charge in [0.05, 0.1) is 22.5 Å². The second kappa shape index (κ2) is 8.31. The minimum Gasteiger partial charge on any atom is -0.457 e. The molecular formula is C21H17N5O4. The monoisotopic (exact) mass is 403 g/mol. The molecule has 0 unspecified atom stereocenters. The molecule has 1 heterocycles. The third kappa shape index (κ3) is 4.53. The molecule has 1 amide bonds. The highest BCUT2D eigenvalue weighted by Crippen LogP contribution is 2.23. The average Bonchev–Trinajstić information content (AvgIpc) is 3.16. The largest absolute Gasteiger partial charge is 0.457 e. The molecule has 9 nitrogen and oxygen atoms in total. The van der Waals surface area contributed by atoms with Crippen LogP contribution in [0.15, 0.2) is 72.8 Å². The molecule has 0 saturated carbocycles. The Labute approximate surface area is 170 Å². The van der Waals surface area contributed by atoms with Crippen LogP contribution in [-0.2, 0) is 4.79 Å². The van der Waals surface area contributed by atoms with Crippen LogP contribution in [0.5, 0.6) is 11.5 Å². The summed E-state index contributed by atoms with van der Waals surface area (Å²) in [5.74, 6) is 1.48. The third-order valence-corrected chi connectivity index (χ3v) is 4.21. The molecule has 3 N–H and O–H groups in total. The van der Waals surface area contributed by atoms with Gasteiger partial charge in [0.1, 0.15) is 11.5 Å². The Balaban J connectivity index is 1.32. The number of para-hydroxylation sites is 1. The van der Waals surface area contributed by atoms with Crippen LogP contribution in [0.3, 0.4) is 0 Å². The number of anilines is 2. The highest BCUT2D eigenvalue weighted by atomic mass is 16.6. The zero-order valence-corrected chi connectivity index (χ0v) is 15.7. The molecule has 0 aliphatic heterocycles. The molecule has 9 heteroatoms. The summed E-state index contributed by atoms with van der Waals surface area (Å²) in [5.41, 5.74) is 1.67. The van der Waals surface area contributed by atoms with Crippen LogP contribution in [0.25, 0.3) is 11.0 Å². The number of benzene rings is 3. The summed E-state index contributed by atoms with van der Waals surface area (Å²) in [7, 11) is 0. The molecule has 0 aliphatic carbocycles. The first-order valence-electron chi connectivity index (χ1n) is 9.08. The van der Waals surface area contributed by atoms with Crippen LogP contribution in [0.1, 0.15) is 0 Å².